The van der Waals surface area contributed by atoms with Gasteiger partial charge in [-0.05, 0) is 18.9 Å². The van der Waals surface area contributed by atoms with Crippen LogP contribution in [-0.2, 0) is 0 Å². The highest BCUT2D eigenvalue weighted by Crippen LogP contribution is 2.17. The van der Waals surface area contributed by atoms with Crippen LogP contribution in [0, 0.1) is 11.8 Å². The summed E-state index contributed by atoms with van der Waals surface area (Å²) in [6, 6.07) is 0. The van der Waals surface area contributed by atoms with Crippen LogP contribution < -0.4 is 0 Å². The molecular formula is C9H18FN. The van der Waals surface area contributed by atoms with Gasteiger partial charge in [0, 0.05) is 19.0 Å². The van der Waals surface area contributed by atoms with Crippen molar-refractivity contribution in [3.8, 4) is 0 Å². The van der Waals surface area contributed by atoms with Crippen LogP contribution in [0.5, 0.6) is 0 Å². The first kappa shape index (κ1) is 8.98. The molecule has 0 amide bonds. The number of hydrogen-bond donors (Lipinski definition) is 0. The number of nitrogens with zero attached hydrogens (tertiary/aromatic N) is 1. The van der Waals surface area contributed by atoms with Gasteiger partial charge in [0.1, 0.15) is 0 Å². The monoisotopic (exact) mass is 159 g/mol. The minimum Gasteiger partial charge on any atom is -0.303 e. The minimum atomic E-state index is -0.130. The number of likely N-dealkylation sites (tertiary alicyclic amines) is 1. The van der Waals surface area contributed by atoms with Crippen LogP contribution in [0.25, 0.3) is 0 Å². The van der Waals surface area contributed by atoms with Crippen molar-refractivity contribution in [3.05, 3.63) is 0 Å². The second-order valence-corrected chi connectivity index (χ2v) is 3.96. The molecular weight excluding hydrogens is 141 g/mol. The molecule has 0 bridgehead atoms. The Kier molecular flexibility index (Phi) is 3.31. The van der Waals surface area contributed by atoms with Crippen molar-refractivity contribution in [2.45, 2.75) is 20.3 Å². The van der Waals surface area contributed by atoms with Gasteiger partial charge in [0.05, 0.1) is 6.67 Å². The third-order valence-corrected chi connectivity index (χ3v) is 2.21. The van der Waals surface area contributed by atoms with Gasteiger partial charge in [-0.15, -0.1) is 0 Å². The van der Waals surface area contributed by atoms with Crippen LogP contribution in [0.2, 0.25) is 0 Å². The molecule has 1 heterocycles. The summed E-state index contributed by atoms with van der Waals surface area (Å²) < 4.78 is 12.2. The van der Waals surface area contributed by atoms with Gasteiger partial charge in [-0.1, -0.05) is 13.8 Å². The van der Waals surface area contributed by atoms with Crippen molar-refractivity contribution in [3.63, 3.8) is 0 Å². The van der Waals surface area contributed by atoms with Crippen molar-refractivity contribution in [2.75, 3.05) is 26.3 Å². The fourth-order valence-corrected chi connectivity index (χ4v) is 1.72. The van der Waals surface area contributed by atoms with E-state index in [1.165, 1.54) is 0 Å². The predicted molar refractivity (Wildman–Crippen MR) is 45.4 cm³/mol. The summed E-state index contributed by atoms with van der Waals surface area (Å²) in [5.41, 5.74) is 0. The lowest BCUT2D eigenvalue weighted by Gasteiger charge is -2.17. The first-order valence-electron chi connectivity index (χ1n) is 4.50. The maximum absolute atomic E-state index is 12.2. The lowest BCUT2D eigenvalue weighted by atomic mass is 10.1. The van der Waals surface area contributed by atoms with Gasteiger partial charge >= 0.3 is 0 Å². The van der Waals surface area contributed by atoms with Crippen LogP contribution in [0.4, 0.5) is 4.39 Å². The van der Waals surface area contributed by atoms with Crippen molar-refractivity contribution >= 4 is 0 Å². The third-order valence-electron chi connectivity index (χ3n) is 2.21. The van der Waals surface area contributed by atoms with E-state index in [0.717, 1.165) is 26.1 Å². The average molecular weight is 159 g/mol. The Morgan fingerprint density at radius 2 is 2.27 bits per heavy atom. The fraction of sp³-hybridized carbons (Fsp3) is 1.00. The van der Waals surface area contributed by atoms with E-state index in [2.05, 4.69) is 18.7 Å². The van der Waals surface area contributed by atoms with Crippen LogP contribution >= 0.6 is 0 Å². The molecule has 0 radical (unpaired) electrons. The Labute approximate surface area is 68.6 Å². The number of hydrogen-bond acceptors (Lipinski definition) is 1. The standard InChI is InChI=1S/C9H18FN/c1-8(2)6-11-4-3-9(5-10)7-11/h8-9H,3-7H2,1-2H3. The van der Waals surface area contributed by atoms with E-state index in [0.29, 0.717) is 11.8 Å². The van der Waals surface area contributed by atoms with E-state index in [9.17, 15) is 4.39 Å². The van der Waals surface area contributed by atoms with E-state index in [1.807, 2.05) is 0 Å². The molecule has 1 rings (SSSR count). The molecule has 0 aromatic rings. The zero-order valence-corrected chi connectivity index (χ0v) is 7.52. The van der Waals surface area contributed by atoms with Crippen molar-refractivity contribution in [1.82, 2.24) is 4.90 Å². The Morgan fingerprint density at radius 1 is 1.55 bits per heavy atom. The molecule has 11 heavy (non-hydrogen) atoms. The van der Waals surface area contributed by atoms with E-state index in [1.54, 1.807) is 0 Å². The van der Waals surface area contributed by atoms with E-state index in [-0.39, 0.29) is 6.67 Å². The van der Waals surface area contributed by atoms with E-state index in [4.69, 9.17) is 0 Å². The molecule has 0 aliphatic carbocycles. The summed E-state index contributed by atoms with van der Waals surface area (Å²) in [4.78, 5) is 2.37. The van der Waals surface area contributed by atoms with Crippen LogP contribution in [0.3, 0.4) is 0 Å². The highest BCUT2D eigenvalue weighted by molar-refractivity contribution is 4.75. The SMILES string of the molecule is CC(C)CN1CCC(CF)C1. The lowest BCUT2D eigenvalue weighted by molar-refractivity contribution is 0.274. The van der Waals surface area contributed by atoms with Gasteiger partial charge in [-0.2, -0.15) is 0 Å². The molecule has 1 nitrogen and oxygen atoms in total. The summed E-state index contributed by atoms with van der Waals surface area (Å²) >= 11 is 0. The molecule has 0 N–H and O–H groups in total. The number of halogens is 1. The maximum Gasteiger partial charge on any atom is 0.0935 e. The lowest BCUT2D eigenvalue weighted by Crippen LogP contribution is -2.25. The van der Waals surface area contributed by atoms with Gasteiger partial charge in [-0.3, -0.25) is 4.39 Å². The topological polar surface area (TPSA) is 3.24 Å². The molecule has 0 spiro atoms. The normalized spacial score (nSPS) is 26.7. The molecule has 1 aliphatic rings. The Morgan fingerprint density at radius 3 is 2.73 bits per heavy atom. The summed E-state index contributed by atoms with van der Waals surface area (Å²) in [7, 11) is 0. The Hall–Kier alpha value is -0.110. The maximum atomic E-state index is 12.2. The molecule has 1 atom stereocenters. The fourth-order valence-electron chi connectivity index (χ4n) is 1.72. The van der Waals surface area contributed by atoms with Gasteiger partial charge < -0.3 is 4.90 Å². The highest BCUT2D eigenvalue weighted by Gasteiger charge is 2.22. The Balaban J connectivity index is 2.19. The summed E-state index contributed by atoms with van der Waals surface area (Å²) in [5.74, 6) is 1.04. The minimum absolute atomic E-state index is 0.130. The van der Waals surface area contributed by atoms with Gasteiger partial charge in [0.15, 0.2) is 0 Å². The Bertz CT molecular complexity index is 114. The smallest absolute Gasteiger partial charge is 0.0935 e. The molecule has 0 aromatic carbocycles. The van der Waals surface area contributed by atoms with Crippen LogP contribution in [0.1, 0.15) is 20.3 Å². The first-order chi connectivity index (χ1) is 5.22. The molecule has 2 heteroatoms. The zero-order valence-electron chi connectivity index (χ0n) is 7.52. The van der Waals surface area contributed by atoms with E-state index >= 15 is 0 Å². The van der Waals surface area contributed by atoms with E-state index < -0.39 is 0 Å². The second-order valence-electron chi connectivity index (χ2n) is 3.96. The summed E-state index contributed by atoms with van der Waals surface area (Å²) in [6.07, 6.45) is 1.06. The third kappa shape index (κ3) is 2.78. The molecule has 0 saturated carbocycles. The highest BCUT2D eigenvalue weighted by atomic mass is 19.1. The van der Waals surface area contributed by atoms with Crippen LogP contribution in [0.15, 0.2) is 0 Å². The second kappa shape index (κ2) is 4.05. The zero-order chi connectivity index (χ0) is 8.27. The average Bonchev–Trinajstić information content (AvgIpc) is 2.34. The molecule has 66 valence electrons. The van der Waals surface area contributed by atoms with Gasteiger partial charge in [0.25, 0.3) is 0 Å². The van der Waals surface area contributed by atoms with Gasteiger partial charge in [0.2, 0.25) is 0 Å². The number of alkyl halides is 1. The largest absolute Gasteiger partial charge is 0.303 e. The molecule has 1 unspecified atom stereocenters. The van der Waals surface area contributed by atoms with Crippen molar-refractivity contribution in [1.29, 1.82) is 0 Å². The molecule has 1 fully saturated rings. The van der Waals surface area contributed by atoms with Crippen molar-refractivity contribution in [2.24, 2.45) is 11.8 Å². The van der Waals surface area contributed by atoms with Crippen LogP contribution in [-0.4, -0.2) is 31.2 Å². The van der Waals surface area contributed by atoms with Gasteiger partial charge in [-0.25, -0.2) is 0 Å². The van der Waals surface area contributed by atoms with Crippen molar-refractivity contribution < 1.29 is 4.39 Å². The number of rotatable bonds is 3. The molecule has 1 saturated heterocycles. The summed E-state index contributed by atoms with van der Waals surface area (Å²) in [5, 5.41) is 0. The quantitative estimate of drug-likeness (QED) is 0.608. The molecule has 0 aromatic heterocycles. The first-order valence-corrected chi connectivity index (χ1v) is 4.50. The molecule has 1 aliphatic heterocycles. The predicted octanol–water partition coefficient (Wildman–Crippen LogP) is 1.93. The summed E-state index contributed by atoms with van der Waals surface area (Å²) in [6.45, 7) is 7.51.